The Kier molecular flexibility index (Phi) is 10.9. The van der Waals surface area contributed by atoms with Gasteiger partial charge in [-0.15, -0.1) is 0 Å². The zero-order valence-electron chi connectivity index (χ0n) is 22.1. The van der Waals surface area contributed by atoms with Gasteiger partial charge >= 0.3 is 0 Å². The Labute approximate surface area is 199 Å². The molecule has 194 valence electrons. The molecule has 0 heterocycles. The van der Waals surface area contributed by atoms with Gasteiger partial charge in [0, 0.05) is 18.6 Å². The second kappa shape index (κ2) is 10.8. The lowest BCUT2D eigenvalue weighted by molar-refractivity contribution is 0.00981. The average Bonchev–Trinajstić information content (AvgIpc) is 2.52. The number of rotatable bonds is 13. The standard InChI is InChI=1S/C20H46O8S2Si2/c1-18(2,3)31(9,10)27-16-20(15-26-30(8,23)24,13-14-25-29(7,21)22)17-28-32(11,12)19(4,5)6/h13-17H2,1-12H3. The molecular formula is C20H46O8S2Si2. The summed E-state index contributed by atoms with van der Waals surface area (Å²) in [6.07, 6.45) is 2.19. The highest BCUT2D eigenvalue weighted by molar-refractivity contribution is 7.86. The molecule has 0 spiro atoms. The van der Waals surface area contributed by atoms with Crippen LogP contribution in [0.5, 0.6) is 0 Å². The van der Waals surface area contributed by atoms with Gasteiger partial charge < -0.3 is 8.85 Å². The number of hydrogen-bond acceptors (Lipinski definition) is 8. The molecule has 0 atom stereocenters. The van der Waals surface area contributed by atoms with Crippen molar-refractivity contribution in [1.82, 2.24) is 0 Å². The molecule has 0 unspecified atom stereocenters. The highest BCUT2D eigenvalue weighted by Crippen LogP contribution is 2.41. The summed E-state index contributed by atoms with van der Waals surface area (Å²) in [5.41, 5.74) is -0.890. The van der Waals surface area contributed by atoms with E-state index in [4.69, 9.17) is 17.2 Å². The first-order chi connectivity index (χ1) is 13.8. The number of hydrogen-bond donors (Lipinski definition) is 0. The monoisotopic (exact) mass is 534 g/mol. The molecule has 0 aliphatic rings. The van der Waals surface area contributed by atoms with Crippen molar-refractivity contribution in [2.45, 2.75) is 84.2 Å². The highest BCUT2D eigenvalue weighted by Gasteiger charge is 2.44. The minimum absolute atomic E-state index is 0.0556. The third-order valence-corrected chi connectivity index (χ3v) is 16.7. The van der Waals surface area contributed by atoms with E-state index in [0.717, 1.165) is 12.5 Å². The van der Waals surface area contributed by atoms with Crippen LogP contribution in [0.3, 0.4) is 0 Å². The molecule has 32 heavy (non-hydrogen) atoms. The molecule has 0 amide bonds. The lowest BCUT2D eigenvalue weighted by atomic mass is 9.88. The Morgan fingerprint density at radius 3 is 1.25 bits per heavy atom. The molecule has 0 aromatic rings. The van der Waals surface area contributed by atoms with E-state index in [-0.39, 0.29) is 42.9 Å². The molecule has 0 aliphatic heterocycles. The maximum atomic E-state index is 11.8. The average molecular weight is 535 g/mol. The van der Waals surface area contributed by atoms with E-state index >= 15 is 0 Å². The molecule has 0 bridgehead atoms. The van der Waals surface area contributed by atoms with E-state index in [2.05, 4.69) is 67.7 Å². The van der Waals surface area contributed by atoms with Gasteiger partial charge in [0.2, 0.25) is 0 Å². The van der Waals surface area contributed by atoms with Crippen molar-refractivity contribution >= 4 is 36.9 Å². The Balaban J connectivity index is 6.05. The SMILES string of the molecule is CC(C)(C)[Si](C)(C)OCC(CCOS(C)(=O)=O)(CO[Si](C)(C)C(C)(C)C)COS(C)(=O)=O. The summed E-state index contributed by atoms with van der Waals surface area (Å²) in [7, 11) is -11.7. The first kappa shape index (κ1) is 32.2. The Morgan fingerprint density at radius 2 is 0.969 bits per heavy atom. The van der Waals surface area contributed by atoms with Gasteiger partial charge in [0.25, 0.3) is 20.2 Å². The molecule has 0 saturated carbocycles. The summed E-state index contributed by atoms with van der Waals surface area (Å²) < 4.78 is 69.8. The van der Waals surface area contributed by atoms with Crippen LogP contribution >= 0.6 is 0 Å². The summed E-state index contributed by atoms with van der Waals surface area (Å²) in [4.78, 5) is 0. The van der Waals surface area contributed by atoms with E-state index in [9.17, 15) is 16.8 Å². The first-order valence-corrected chi connectivity index (χ1v) is 20.2. The van der Waals surface area contributed by atoms with Gasteiger partial charge in [-0.25, -0.2) is 0 Å². The normalized spacial score (nSPS) is 15.2. The van der Waals surface area contributed by atoms with Crippen LogP contribution in [0.4, 0.5) is 0 Å². The fourth-order valence-corrected chi connectivity index (χ4v) is 5.13. The Bertz CT molecular complexity index is 778. The van der Waals surface area contributed by atoms with E-state index in [0.29, 0.717) is 0 Å². The zero-order chi connectivity index (χ0) is 25.9. The van der Waals surface area contributed by atoms with Gasteiger partial charge in [-0.3, -0.25) is 8.37 Å². The summed E-state index contributed by atoms with van der Waals surface area (Å²) in [6.45, 7) is 21.2. The zero-order valence-corrected chi connectivity index (χ0v) is 25.8. The van der Waals surface area contributed by atoms with Crippen LogP contribution in [-0.4, -0.2) is 72.4 Å². The fourth-order valence-electron chi connectivity index (χ4n) is 2.08. The second-order valence-corrected chi connectivity index (χ2v) is 24.7. The van der Waals surface area contributed by atoms with Crippen molar-refractivity contribution in [2.75, 3.05) is 38.9 Å². The molecule has 0 aliphatic carbocycles. The second-order valence-electron chi connectivity index (χ2n) is 11.8. The summed E-state index contributed by atoms with van der Waals surface area (Å²) in [5, 5.41) is -0.111. The fraction of sp³-hybridized carbons (Fsp3) is 1.00. The molecule has 0 aromatic heterocycles. The van der Waals surface area contributed by atoms with Crippen molar-refractivity contribution in [3.63, 3.8) is 0 Å². The minimum Gasteiger partial charge on any atom is -0.416 e. The van der Waals surface area contributed by atoms with Crippen LogP contribution in [0, 0.1) is 5.41 Å². The molecular weight excluding hydrogens is 489 g/mol. The molecule has 0 saturated heterocycles. The van der Waals surface area contributed by atoms with Gasteiger partial charge in [0.1, 0.15) is 0 Å². The smallest absolute Gasteiger partial charge is 0.264 e. The quantitative estimate of drug-likeness (QED) is 0.253. The van der Waals surface area contributed by atoms with Crippen LogP contribution in [0.15, 0.2) is 0 Å². The van der Waals surface area contributed by atoms with Crippen molar-refractivity contribution < 1.29 is 34.1 Å². The van der Waals surface area contributed by atoms with Gasteiger partial charge in [0.05, 0.1) is 25.7 Å². The van der Waals surface area contributed by atoms with E-state index < -0.39 is 42.3 Å². The lowest BCUT2D eigenvalue weighted by Crippen LogP contribution is -2.50. The predicted molar refractivity (Wildman–Crippen MR) is 135 cm³/mol. The van der Waals surface area contributed by atoms with Crippen molar-refractivity contribution in [1.29, 1.82) is 0 Å². The Hall–Kier alpha value is 0.174. The lowest BCUT2D eigenvalue weighted by Gasteiger charge is -2.43. The molecule has 8 nitrogen and oxygen atoms in total. The van der Waals surface area contributed by atoms with Crippen molar-refractivity contribution in [3.05, 3.63) is 0 Å². The van der Waals surface area contributed by atoms with Gasteiger partial charge in [-0.1, -0.05) is 41.5 Å². The van der Waals surface area contributed by atoms with Gasteiger partial charge in [-0.2, -0.15) is 16.8 Å². The van der Waals surface area contributed by atoms with Crippen LogP contribution in [-0.2, 0) is 37.5 Å². The van der Waals surface area contributed by atoms with Crippen LogP contribution in [0.25, 0.3) is 0 Å². The first-order valence-electron chi connectivity index (χ1n) is 10.8. The van der Waals surface area contributed by atoms with E-state index in [1.807, 2.05) is 0 Å². The molecule has 0 aromatic carbocycles. The maximum absolute atomic E-state index is 11.8. The minimum atomic E-state index is -3.72. The van der Waals surface area contributed by atoms with Crippen LogP contribution in [0.1, 0.15) is 48.0 Å². The van der Waals surface area contributed by atoms with Gasteiger partial charge in [0.15, 0.2) is 16.6 Å². The molecule has 12 heteroatoms. The predicted octanol–water partition coefficient (Wildman–Crippen LogP) is 4.36. The summed E-state index contributed by atoms with van der Waals surface area (Å²) >= 11 is 0. The topological polar surface area (TPSA) is 105 Å². The highest BCUT2D eigenvalue weighted by atomic mass is 32.2. The third-order valence-electron chi connectivity index (χ3n) is 6.60. The van der Waals surface area contributed by atoms with Crippen LogP contribution in [0.2, 0.25) is 36.3 Å². The van der Waals surface area contributed by atoms with Crippen molar-refractivity contribution in [2.24, 2.45) is 5.41 Å². The molecule has 0 N–H and O–H groups in total. The van der Waals surface area contributed by atoms with Crippen molar-refractivity contribution in [3.8, 4) is 0 Å². The third kappa shape index (κ3) is 11.5. The van der Waals surface area contributed by atoms with Crippen LogP contribution < -0.4 is 0 Å². The van der Waals surface area contributed by atoms with E-state index in [1.165, 1.54) is 0 Å². The Morgan fingerprint density at radius 1 is 0.625 bits per heavy atom. The molecule has 0 radical (unpaired) electrons. The molecule has 0 fully saturated rings. The van der Waals surface area contributed by atoms with E-state index in [1.54, 1.807) is 0 Å². The summed E-state index contributed by atoms with van der Waals surface area (Å²) in [5.74, 6) is 0. The molecule has 0 rings (SSSR count). The largest absolute Gasteiger partial charge is 0.416 e. The maximum Gasteiger partial charge on any atom is 0.264 e. The van der Waals surface area contributed by atoms with Gasteiger partial charge in [-0.05, 0) is 42.7 Å². The summed E-state index contributed by atoms with van der Waals surface area (Å²) in [6, 6.07) is 0.